The summed E-state index contributed by atoms with van der Waals surface area (Å²) in [5, 5.41) is 9.09. The molecule has 1 unspecified atom stereocenters. The third-order valence-corrected chi connectivity index (χ3v) is 2.97. The van der Waals surface area contributed by atoms with E-state index in [1.54, 1.807) is 18.7 Å². The Morgan fingerprint density at radius 1 is 1.54 bits per heavy atom. The zero-order valence-electron chi connectivity index (χ0n) is 7.95. The minimum Gasteiger partial charge on any atom is -0.399 e. The van der Waals surface area contributed by atoms with Crippen LogP contribution in [0.4, 0.5) is 5.69 Å². The summed E-state index contributed by atoms with van der Waals surface area (Å²) in [5.41, 5.74) is 7.60. The number of anilines is 1. The first-order chi connectivity index (χ1) is 6.09. The van der Waals surface area contributed by atoms with E-state index in [2.05, 4.69) is 0 Å². The molecule has 0 aliphatic rings. The van der Waals surface area contributed by atoms with E-state index in [-0.39, 0.29) is 6.10 Å². The van der Waals surface area contributed by atoms with Gasteiger partial charge in [0.05, 0.1) is 6.10 Å². The van der Waals surface area contributed by atoms with Crippen LogP contribution in [0.2, 0.25) is 0 Å². The first-order valence-corrected chi connectivity index (χ1v) is 5.25. The summed E-state index contributed by atoms with van der Waals surface area (Å²) in [7, 11) is 0. The van der Waals surface area contributed by atoms with Crippen LogP contribution in [0.1, 0.15) is 12.5 Å². The highest BCUT2D eigenvalue weighted by Crippen LogP contribution is 2.22. The number of aliphatic hydroxyl groups excluding tert-OH is 1. The maximum Gasteiger partial charge on any atom is 0.0606 e. The van der Waals surface area contributed by atoms with Crippen LogP contribution in [-0.4, -0.2) is 17.0 Å². The van der Waals surface area contributed by atoms with Crippen molar-refractivity contribution in [3.8, 4) is 0 Å². The maximum atomic E-state index is 9.09. The van der Waals surface area contributed by atoms with Gasteiger partial charge in [0, 0.05) is 16.3 Å². The van der Waals surface area contributed by atoms with Crippen molar-refractivity contribution in [3.05, 3.63) is 23.8 Å². The molecule has 0 saturated heterocycles. The highest BCUT2D eigenvalue weighted by molar-refractivity contribution is 7.99. The fourth-order valence-electron chi connectivity index (χ4n) is 0.955. The van der Waals surface area contributed by atoms with E-state index in [1.165, 1.54) is 0 Å². The summed E-state index contributed by atoms with van der Waals surface area (Å²) in [5.74, 6) is 0.726. The van der Waals surface area contributed by atoms with Crippen molar-refractivity contribution in [1.29, 1.82) is 0 Å². The lowest BCUT2D eigenvalue weighted by atomic mass is 10.2. The number of hydrogen-bond acceptors (Lipinski definition) is 3. The number of aliphatic hydroxyl groups is 1. The van der Waals surface area contributed by atoms with E-state index in [0.29, 0.717) is 0 Å². The van der Waals surface area contributed by atoms with Gasteiger partial charge in [0.15, 0.2) is 0 Å². The van der Waals surface area contributed by atoms with Gasteiger partial charge in [-0.15, -0.1) is 11.8 Å². The Hall–Kier alpha value is -0.670. The van der Waals surface area contributed by atoms with Gasteiger partial charge in [-0.05, 0) is 37.6 Å². The normalized spacial score (nSPS) is 12.8. The Labute approximate surface area is 83.1 Å². The molecule has 0 aromatic heterocycles. The van der Waals surface area contributed by atoms with Crippen molar-refractivity contribution in [2.75, 3.05) is 11.5 Å². The van der Waals surface area contributed by atoms with Crippen LogP contribution in [-0.2, 0) is 0 Å². The van der Waals surface area contributed by atoms with Gasteiger partial charge in [-0.1, -0.05) is 0 Å². The van der Waals surface area contributed by atoms with Crippen LogP contribution < -0.4 is 5.73 Å². The smallest absolute Gasteiger partial charge is 0.0606 e. The van der Waals surface area contributed by atoms with Gasteiger partial charge in [-0.2, -0.15) is 0 Å². The predicted molar refractivity (Wildman–Crippen MR) is 58.0 cm³/mol. The molecule has 0 spiro atoms. The lowest BCUT2D eigenvalue weighted by molar-refractivity contribution is 0.220. The van der Waals surface area contributed by atoms with Crippen molar-refractivity contribution in [3.63, 3.8) is 0 Å². The van der Waals surface area contributed by atoms with Crippen LogP contribution in [0.3, 0.4) is 0 Å². The Bertz CT molecular complexity index is 286. The molecule has 3 heteroatoms. The highest BCUT2D eigenvalue weighted by atomic mass is 32.2. The Morgan fingerprint density at radius 2 is 2.23 bits per heavy atom. The molecule has 3 N–H and O–H groups in total. The third-order valence-electron chi connectivity index (χ3n) is 1.73. The molecule has 1 rings (SSSR count). The molecule has 13 heavy (non-hydrogen) atoms. The molecule has 0 radical (unpaired) electrons. The molecular formula is C10H15NOS. The van der Waals surface area contributed by atoms with Crippen LogP contribution in [0.15, 0.2) is 23.1 Å². The second kappa shape index (κ2) is 4.53. The molecule has 0 saturated carbocycles. The SMILES string of the molecule is Cc1cc(SCC(C)O)ccc1N. The molecular weight excluding hydrogens is 182 g/mol. The summed E-state index contributed by atoms with van der Waals surface area (Å²) in [6.45, 7) is 3.78. The predicted octanol–water partition coefficient (Wildman–Crippen LogP) is 2.05. The van der Waals surface area contributed by atoms with Gasteiger partial charge < -0.3 is 10.8 Å². The van der Waals surface area contributed by atoms with Gasteiger partial charge in [0.25, 0.3) is 0 Å². The van der Waals surface area contributed by atoms with Gasteiger partial charge >= 0.3 is 0 Å². The molecule has 1 aromatic rings. The van der Waals surface area contributed by atoms with E-state index >= 15 is 0 Å². The number of nitrogens with two attached hydrogens (primary N) is 1. The number of aryl methyl sites for hydroxylation is 1. The maximum absolute atomic E-state index is 9.09. The molecule has 1 atom stereocenters. The van der Waals surface area contributed by atoms with Crippen LogP contribution >= 0.6 is 11.8 Å². The standard InChI is InChI=1S/C10H15NOS/c1-7-5-9(3-4-10(7)11)13-6-8(2)12/h3-5,8,12H,6,11H2,1-2H3. The topological polar surface area (TPSA) is 46.2 Å². The Balaban J connectivity index is 2.63. The van der Waals surface area contributed by atoms with Crippen molar-refractivity contribution < 1.29 is 5.11 Å². The molecule has 0 aliphatic heterocycles. The van der Waals surface area contributed by atoms with Crippen molar-refractivity contribution in [2.24, 2.45) is 0 Å². The Kier molecular flexibility index (Phi) is 3.63. The van der Waals surface area contributed by atoms with Crippen molar-refractivity contribution >= 4 is 17.4 Å². The quantitative estimate of drug-likeness (QED) is 0.576. The summed E-state index contributed by atoms with van der Waals surface area (Å²) in [4.78, 5) is 1.16. The van der Waals surface area contributed by atoms with E-state index in [0.717, 1.165) is 21.9 Å². The van der Waals surface area contributed by atoms with Gasteiger partial charge in [0.2, 0.25) is 0 Å². The lowest BCUT2D eigenvalue weighted by Gasteiger charge is -2.06. The zero-order valence-corrected chi connectivity index (χ0v) is 8.77. The first-order valence-electron chi connectivity index (χ1n) is 4.26. The second-order valence-corrected chi connectivity index (χ2v) is 4.27. The number of nitrogen functional groups attached to an aromatic ring is 1. The molecule has 2 nitrogen and oxygen atoms in total. The molecule has 0 amide bonds. The van der Waals surface area contributed by atoms with Crippen molar-refractivity contribution in [1.82, 2.24) is 0 Å². The van der Waals surface area contributed by atoms with E-state index in [9.17, 15) is 0 Å². The summed E-state index contributed by atoms with van der Waals surface area (Å²) < 4.78 is 0. The van der Waals surface area contributed by atoms with Gasteiger partial charge in [0.1, 0.15) is 0 Å². The van der Waals surface area contributed by atoms with Gasteiger partial charge in [-0.25, -0.2) is 0 Å². The lowest BCUT2D eigenvalue weighted by Crippen LogP contribution is -2.02. The minimum absolute atomic E-state index is 0.261. The summed E-state index contributed by atoms with van der Waals surface area (Å²) in [6, 6.07) is 5.93. The van der Waals surface area contributed by atoms with Crippen LogP contribution in [0, 0.1) is 6.92 Å². The second-order valence-electron chi connectivity index (χ2n) is 3.18. The monoisotopic (exact) mass is 197 g/mol. The minimum atomic E-state index is -0.261. The van der Waals surface area contributed by atoms with Crippen molar-refractivity contribution in [2.45, 2.75) is 24.8 Å². The van der Waals surface area contributed by atoms with Gasteiger partial charge in [-0.3, -0.25) is 0 Å². The zero-order chi connectivity index (χ0) is 9.84. The number of benzene rings is 1. The molecule has 0 bridgehead atoms. The third kappa shape index (κ3) is 3.28. The van der Waals surface area contributed by atoms with Crippen LogP contribution in [0.25, 0.3) is 0 Å². The van der Waals surface area contributed by atoms with E-state index < -0.39 is 0 Å². The van der Waals surface area contributed by atoms with E-state index in [4.69, 9.17) is 10.8 Å². The number of rotatable bonds is 3. The first kappa shape index (κ1) is 10.4. The molecule has 0 aliphatic carbocycles. The van der Waals surface area contributed by atoms with E-state index in [1.807, 2.05) is 25.1 Å². The number of hydrogen-bond donors (Lipinski definition) is 2. The molecule has 1 aromatic carbocycles. The molecule has 0 heterocycles. The average Bonchev–Trinajstić information content (AvgIpc) is 2.07. The molecule has 0 fully saturated rings. The summed E-state index contributed by atoms with van der Waals surface area (Å²) in [6.07, 6.45) is -0.261. The van der Waals surface area contributed by atoms with Crippen LogP contribution in [0.5, 0.6) is 0 Å². The average molecular weight is 197 g/mol. The fourth-order valence-corrected chi connectivity index (χ4v) is 1.81. The summed E-state index contributed by atoms with van der Waals surface area (Å²) >= 11 is 1.65. The molecule has 72 valence electrons. The fraction of sp³-hybridized carbons (Fsp3) is 0.400. The Morgan fingerprint density at radius 3 is 2.77 bits per heavy atom. The highest BCUT2D eigenvalue weighted by Gasteiger charge is 2.00. The largest absolute Gasteiger partial charge is 0.399 e. The number of thioether (sulfide) groups is 1.